The molecule has 0 saturated carbocycles. The first-order valence-electron chi connectivity index (χ1n) is 2.77. The van der Waals surface area contributed by atoms with Gasteiger partial charge in [0.2, 0.25) is 0 Å². The summed E-state index contributed by atoms with van der Waals surface area (Å²) in [5.41, 5.74) is 0. The monoisotopic (exact) mass is 324 g/mol. The van der Waals surface area contributed by atoms with Crippen molar-refractivity contribution < 1.29 is 39.5 Å². The summed E-state index contributed by atoms with van der Waals surface area (Å²) >= 11 is 11.5. The molecular weight excluding hydrogens is 325 g/mol. The molecule has 0 radical (unpaired) electrons. The third kappa shape index (κ3) is 7.50. The Morgan fingerprint density at radius 1 is 0.500 bits per heavy atom. The summed E-state index contributed by atoms with van der Waals surface area (Å²) in [6.45, 7) is 0. The lowest BCUT2D eigenvalue weighted by molar-refractivity contribution is -0.241. The maximum Gasteiger partial charge on any atom is 0.469 e. The van der Waals surface area contributed by atoms with E-state index in [2.05, 4.69) is 34.8 Å². The van der Waals surface area contributed by atoms with Crippen LogP contribution in [0, 0.1) is 0 Å². The van der Waals surface area contributed by atoms with Crippen molar-refractivity contribution >= 4 is 34.8 Å². The van der Waals surface area contributed by atoms with Gasteiger partial charge in [0.25, 0.3) is 0 Å². The third-order valence-corrected chi connectivity index (χ3v) is 1.29. The van der Waals surface area contributed by atoms with Crippen LogP contribution in [0.2, 0.25) is 0 Å². The Hall–Kier alpha value is 0.240. The minimum absolute atomic E-state index is 3.55. The number of halogens is 12. The van der Waals surface area contributed by atoms with E-state index in [-0.39, 0.29) is 0 Å². The fourth-order valence-electron chi connectivity index (χ4n) is 0. The zero-order valence-corrected chi connectivity index (χ0v) is 8.80. The zero-order valence-electron chi connectivity index (χ0n) is 6.54. The maximum atomic E-state index is 11.3. The molecule has 0 nitrogen and oxygen atoms in total. The molecule has 0 unspecified atom stereocenters. The van der Waals surface area contributed by atoms with Gasteiger partial charge in [-0.1, -0.05) is 23.2 Å². The predicted molar refractivity (Wildman–Crippen MR) is 38.5 cm³/mol. The van der Waals surface area contributed by atoms with E-state index in [1.165, 1.54) is 0 Å². The maximum absolute atomic E-state index is 11.3. The minimum Gasteiger partial charge on any atom is -0.198 e. The highest BCUT2D eigenvalue weighted by atomic mass is 35.5. The Bertz CT molecular complexity index is 157. The van der Waals surface area contributed by atoms with Gasteiger partial charge < -0.3 is 0 Å². The highest BCUT2D eigenvalue weighted by Gasteiger charge is 2.56. The van der Waals surface area contributed by atoms with E-state index >= 15 is 0 Å². The van der Waals surface area contributed by atoms with Gasteiger partial charge in [-0.15, -0.1) is 0 Å². The smallest absolute Gasteiger partial charge is 0.198 e. The van der Waals surface area contributed by atoms with E-state index in [1.807, 2.05) is 0 Å². The third-order valence-electron chi connectivity index (χ3n) is 0.643. The van der Waals surface area contributed by atoms with E-state index in [9.17, 15) is 39.5 Å². The Balaban J connectivity index is 0. The largest absolute Gasteiger partial charge is 0.469 e. The topological polar surface area (TPSA) is 0 Å². The summed E-state index contributed by atoms with van der Waals surface area (Å²) in [5.74, 6) is 0. The molecule has 0 aromatic rings. The molecule has 0 aliphatic rings. The first-order chi connectivity index (χ1) is 6.50. The highest BCUT2D eigenvalue weighted by Crippen LogP contribution is 2.40. The van der Waals surface area contributed by atoms with Gasteiger partial charge in [0.15, 0.2) is 0 Å². The molecule has 0 rings (SSSR count). The first-order valence-corrected chi connectivity index (χ1v) is 3.90. The van der Waals surface area contributed by atoms with Gasteiger partial charge in [-0.2, -0.15) is 39.5 Å². The molecule has 12 heteroatoms. The average Bonchev–Trinajstić information content (AvgIpc) is 1.77. The molecule has 0 spiro atoms. The molecule has 0 heterocycles. The highest BCUT2D eigenvalue weighted by molar-refractivity contribution is 6.47. The molecule has 0 fully saturated rings. The molecule has 0 N–H and O–H groups in total. The van der Waals surface area contributed by atoms with E-state index < -0.39 is 22.3 Å². The molecule has 0 bridgehead atoms. The van der Waals surface area contributed by atoms with Crippen LogP contribution < -0.4 is 0 Å². The fraction of sp³-hybridized carbons (Fsp3) is 1.00. The normalized spacial score (nSPS) is 14.2. The lowest BCUT2D eigenvalue weighted by atomic mass is 10.7. The van der Waals surface area contributed by atoms with Crippen LogP contribution in [0.3, 0.4) is 0 Å². The van der Waals surface area contributed by atoms with Crippen molar-refractivity contribution in [3.05, 3.63) is 0 Å². The molecule has 0 atom stereocenters. The van der Waals surface area contributed by atoms with Crippen LogP contribution in [0.5, 0.6) is 0 Å². The standard InChI is InChI=1S/C2Cl2F4.C2ClF5/c2*3-1(4,5)2(6,7)8. The zero-order chi connectivity index (χ0) is 14.0. The molecule has 0 saturated heterocycles. The van der Waals surface area contributed by atoms with E-state index in [0.29, 0.717) is 0 Å². The second-order valence-electron chi connectivity index (χ2n) is 1.99. The Morgan fingerprint density at radius 2 is 0.625 bits per heavy atom. The number of rotatable bonds is 0. The van der Waals surface area contributed by atoms with E-state index in [1.54, 1.807) is 0 Å². The number of hydrogen-bond acceptors (Lipinski definition) is 0. The molecule has 0 aliphatic carbocycles. The summed E-state index contributed by atoms with van der Waals surface area (Å²) in [6.07, 6.45) is -10.8. The summed E-state index contributed by atoms with van der Waals surface area (Å²) < 4.78 is 93.7. The summed E-state index contributed by atoms with van der Waals surface area (Å²) in [7, 11) is 0. The van der Waals surface area contributed by atoms with Gasteiger partial charge in [-0.25, -0.2) is 0 Å². The Labute approximate surface area is 97.2 Å². The Kier molecular flexibility index (Phi) is 6.11. The van der Waals surface area contributed by atoms with Crippen LogP contribution in [0.4, 0.5) is 39.5 Å². The van der Waals surface area contributed by atoms with Crippen molar-refractivity contribution in [3.8, 4) is 0 Å². The molecule has 0 aromatic carbocycles. The molecule has 16 heavy (non-hydrogen) atoms. The molecule has 0 aromatic heterocycles. The first kappa shape index (κ1) is 18.6. The van der Waals surface area contributed by atoms with Crippen molar-refractivity contribution in [3.63, 3.8) is 0 Å². The van der Waals surface area contributed by atoms with Gasteiger partial charge >= 0.3 is 22.3 Å². The van der Waals surface area contributed by atoms with Gasteiger partial charge in [-0.3, -0.25) is 0 Å². The van der Waals surface area contributed by atoms with Crippen molar-refractivity contribution in [1.29, 1.82) is 0 Å². The van der Waals surface area contributed by atoms with Gasteiger partial charge in [0.05, 0.1) is 0 Å². The summed E-state index contributed by atoms with van der Waals surface area (Å²) in [6, 6.07) is 0. The molecule has 100 valence electrons. The number of alkyl halides is 12. The lowest BCUT2D eigenvalue weighted by Crippen LogP contribution is -2.29. The average molecular weight is 325 g/mol. The number of hydrogen-bond donors (Lipinski definition) is 0. The van der Waals surface area contributed by atoms with Crippen molar-refractivity contribution in [2.45, 2.75) is 22.3 Å². The quantitative estimate of drug-likeness (QED) is 0.433. The Morgan fingerprint density at radius 3 is 0.625 bits per heavy atom. The molecule has 0 aliphatic heterocycles. The summed E-state index contributed by atoms with van der Waals surface area (Å²) in [5, 5.41) is -5.09. The van der Waals surface area contributed by atoms with Gasteiger partial charge in [0, 0.05) is 0 Å². The second kappa shape index (κ2) is 5.26. The predicted octanol–water partition coefficient (Wildman–Crippen LogP) is 5.03. The van der Waals surface area contributed by atoms with Crippen molar-refractivity contribution in [2.24, 2.45) is 0 Å². The molecule has 0 amide bonds. The molecular formula is C4Cl3F9. The SMILES string of the molecule is FC(F)(F)C(F)(Cl)Cl.FC(F)(F)C(F)(F)Cl. The van der Waals surface area contributed by atoms with E-state index in [4.69, 9.17) is 0 Å². The van der Waals surface area contributed by atoms with Gasteiger partial charge in [-0.05, 0) is 11.6 Å². The fourth-order valence-corrected chi connectivity index (χ4v) is 0. The van der Waals surface area contributed by atoms with Crippen LogP contribution in [0.1, 0.15) is 0 Å². The van der Waals surface area contributed by atoms with Crippen LogP contribution in [-0.4, -0.2) is 22.3 Å². The van der Waals surface area contributed by atoms with Crippen LogP contribution in [0.25, 0.3) is 0 Å². The van der Waals surface area contributed by atoms with Crippen LogP contribution in [-0.2, 0) is 0 Å². The van der Waals surface area contributed by atoms with Crippen molar-refractivity contribution in [2.75, 3.05) is 0 Å². The van der Waals surface area contributed by atoms with E-state index in [0.717, 1.165) is 0 Å². The minimum atomic E-state index is -5.63. The van der Waals surface area contributed by atoms with Crippen molar-refractivity contribution in [1.82, 2.24) is 0 Å². The second-order valence-corrected chi connectivity index (χ2v) is 3.70. The van der Waals surface area contributed by atoms with Crippen LogP contribution in [0.15, 0.2) is 0 Å². The van der Waals surface area contributed by atoms with Crippen LogP contribution >= 0.6 is 34.8 Å². The lowest BCUT2D eigenvalue weighted by Gasteiger charge is -2.11. The van der Waals surface area contributed by atoms with Gasteiger partial charge in [0.1, 0.15) is 0 Å². The summed E-state index contributed by atoms with van der Waals surface area (Å²) in [4.78, 5) is 0.